The zero-order valence-corrected chi connectivity index (χ0v) is 13.6. The van der Waals surface area contributed by atoms with E-state index in [0.29, 0.717) is 5.41 Å². The summed E-state index contributed by atoms with van der Waals surface area (Å²) in [6.45, 7) is 6.54. The van der Waals surface area contributed by atoms with Gasteiger partial charge in [0.05, 0.1) is 0 Å². The molecule has 4 aliphatic carbocycles. The van der Waals surface area contributed by atoms with Crippen molar-refractivity contribution in [1.29, 1.82) is 0 Å². The van der Waals surface area contributed by atoms with Crippen LogP contribution in [-0.2, 0) is 5.41 Å². The molecule has 20 heavy (non-hydrogen) atoms. The normalized spacial score (nSPS) is 39.2. The number of aromatic nitrogens is 2. The average Bonchev–Trinajstić information content (AvgIpc) is 2.73. The van der Waals surface area contributed by atoms with E-state index >= 15 is 0 Å². The smallest absolute Gasteiger partial charge is 0.202 e. The molecule has 5 rings (SSSR count). The topological polar surface area (TPSA) is 37.8 Å². The minimum absolute atomic E-state index is 0.0677. The minimum atomic E-state index is 0.0677. The molecule has 1 aromatic heterocycles. The lowest BCUT2D eigenvalue weighted by Gasteiger charge is -2.55. The van der Waals surface area contributed by atoms with Crippen LogP contribution in [0.25, 0.3) is 0 Å². The molecule has 110 valence electrons. The fourth-order valence-corrected chi connectivity index (χ4v) is 6.08. The van der Waals surface area contributed by atoms with Gasteiger partial charge in [0.25, 0.3) is 0 Å². The molecule has 4 fully saturated rings. The summed E-state index contributed by atoms with van der Waals surface area (Å²) in [5.74, 6) is 4.05. The van der Waals surface area contributed by atoms with Gasteiger partial charge in [-0.05, 0) is 77.0 Å². The van der Waals surface area contributed by atoms with Crippen LogP contribution in [-0.4, -0.2) is 14.9 Å². The summed E-state index contributed by atoms with van der Waals surface area (Å²) in [5.41, 5.74) is 0.404. The second-order valence-electron chi connectivity index (χ2n) is 8.50. The van der Waals surface area contributed by atoms with E-state index in [0.717, 1.165) is 28.7 Å². The van der Waals surface area contributed by atoms with Gasteiger partial charge in [-0.3, -0.25) is 0 Å². The molecule has 0 amide bonds. The number of anilines is 1. The second-order valence-corrected chi connectivity index (χ2v) is 9.25. The van der Waals surface area contributed by atoms with Crippen molar-refractivity contribution in [3.05, 3.63) is 5.82 Å². The Kier molecular flexibility index (Phi) is 2.73. The van der Waals surface area contributed by atoms with Crippen LogP contribution in [0.15, 0.2) is 0 Å². The van der Waals surface area contributed by atoms with Crippen molar-refractivity contribution in [3.63, 3.8) is 0 Å². The van der Waals surface area contributed by atoms with Crippen LogP contribution in [0, 0.1) is 17.8 Å². The maximum atomic E-state index is 4.88. The summed E-state index contributed by atoms with van der Waals surface area (Å²) < 4.78 is 4.76. The summed E-state index contributed by atoms with van der Waals surface area (Å²) in [6.07, 6.45) is 8.50. The number of hydrogen-bond acceptors (Lipinski definition) is 4. The second kappa shape index (κ2) is 4.19. The third kappa shape index (κ3) is 2.16. The molecule has 0 atom stereocenters. The highest BCUT2D eigenvalue weighted by atomic mass is 32.1. The van der Waals surface area contributed by atoms with Crippen LogP contribution in [0.5, 0.6) is 0 Å². The molecule has 1 heterocycles. The monoisotopic (exact) mass is 291 g/mol. The lowest BCUT2D eigenvalue weighted by molar-refractivity contribution is -0.00880. The third-order valence-corrected chi connectivity index (χ3v) is 6.05. The van der Waals surface area contributed by atoms with Crippen LogP contribution in [0.3, 0.4) is 0 Å². The van der Waals surface area contributed by atoms with Gasteiger partial charge < -0.3 is 5.32 Å². The van der Waals surface area contributed by atoms with Gasteiger partial charge in [0.15, 0.2) is 5.82 Å². The molecular weight excluding hydrogens is 266 g/mol. The fraction of sp³-hybridized carbons (Fsp3) is 0.875. The lowest BCUT2D eigenvalue weighted by Crippen LogP contribution is -2.49. The zero-order chi connectivity index (χ0) is 14.0. The predicted molar refractivity (Wildman–Crippen MR) is 83.1 cm³/mol. The van der Waals surface area contributed by atoms with E-state index in [1.165, 1.54) is 38.5 Å². The Morgan fingerprint density at radius 3 is 2.10 bits per heavy atom. The first-order valence-corrected chi connectivity index (χ1v) is 8.82. The first-order valence-electron chi connectivity index (χ1n) is 8.04. The summed E-state index contributed by atoms with van der Waals surface area (Å²) in [7, 11) is 0. The highest BCUT2D eigenvalue weighted by molar-refractivity contribution is 7.09. The van der Waals surface area contributed by atoms with Crippen molar-refractivity contribution in [1.82, 2.24) is 9.36 Å². The average molecular weight is 291 g/mol. The largest absolute Gasteiger partial charge is 0.356 e. The van der Waals surface area contributed by atoms with Crippen molar-refractivity contribution in [2.75, 3.05) is 5.32 Å². The third-order valence-electron chi connectivity index (χ3n) is 5.42. The predicted octanol–water partition coefficient (Wildman–Crippen LogP) is 4.22. The standard InChI is InChI=1S/C16H25N3S/c1-15(2,3)18-14-17-13(19-20-14)16-7-10-4-11(8-16)6-12(5-10)9-16/h10-12H,4-9H2,1-3H3,(H,17,18,19). The Bertz CT molecular complexity index is 479. The van der Waals surface area contributed by atoms with Crippen LogP contribution in [0.4, 0.5) is 5.13 Å². The van der Waals surface area contributed by atoms with E-state index in [4.69, 9.17) is 9.36 Å². The number of rotatable bonds is 2. The summed E-state index contributed by atoms with van der Waals surface area (Å²) in [4.78, 5) is 4.88. The van der Waals surface area contributed by atoms with Gasteiger partial charge in [0.1, 0.15) is 0 Å². The summed E-state index contributed by atoms with van der Waals surface area (Å²) >= 11 is 1.55. The highest BCUT2D eigenvalue weighted by Crippen LogP contribution is 2.60. The van der Waals surface area contributed by atoms with Crippen LogP contribution >= 0.6 is 11.5 Å². The van der Waals surface area contributed by atoms with Crippen molar-refractivity contribution in [2.45, 2.75) is 70.3 Å². The van der Waals surface area contributed by atoms with Gasteiger partial charge in [-0.25, -0.2) is 4.98 Å². The molecule has 0 saturated heterocycles. The van der Waals surface area contributed by atoms with Gasteiger partial charge >= 0.3 is 0 Å². The Hall–Kier alpha value is -0.640. The van der Waals surface area contributed by atoms with Crippen LogP contribution in [0.2, 0.25) is 0 Å². The lowest BCUT2D eigenvalue weighted by atomic mass is 9.49. The first-order chi connectivity index (χ1) is 9.42. The maximum absolute atomic E-state index is 4.88. The Labute approximate surface area is 125 Å². The van der Waals surface area contributed by atoms with E-state index in [2.05, 4.69) is 26.1 Å². The number of nitrogens with one attached hydrogen (secondary N) is 1. The molecule has 0 radical (unpaired) electrons. The van der Waals surface area contributed by atoms with Crippen LogP contribution in [0.1, 0.15) is 65.1 Å². The summed E-state index contributed by atoms with van der Waals surface area (Å²) in [6, 6.07) is 0. The molecule has 4 bridgehead atoms. The van der Waals surface area contributed by atoms with E-state index in [9.17, 15) is 0 Å². The zero-order valence-electron chi connectivity index (χ0n) is 12.8. The van der Waals surface area contributed by atoms with Gasteiger partial charge in [-0.1, -0.05) is 0 Å². The molecule has 0 spiro atoms. The maximum Gasteiger partial charge on any atom is 0.202 e. The van der Waals surface area contributed by atoms with Gasteiger partial charge in [-0.2, -0.15) is 4.37 Å². The molecule has 1 aromatic rings. The molecule has 0 unspecified atom stereocenters. The SMILES string of the molecule is CC(C)(C)Nc1nc(C23CC4CC(CC(C4)C2)C3)ns1. The summed E-state index contributed by atoms with van der Waals surface area (Å²) in [5, 5.41) is 4.48. The van der Waals surface area contributed by atoms with Crippen molar-refractivity contribution < 1.29 is 0 Å². The Balaban J connectivity index is 1.61. The molecule has 0 aliphatic heterocycles. The van der Waals surface area contributed by atoms with E-state index in [-0.39, 0.29) is 5.54 Å². The molecular formula is C16H25N3S. The van der Waals surface area contributed by atoms with Crippen LogP contribution < -0.4 is 5.32 Å². The van der Waals surface area contributed by atoms with E-state index < -0.39 is 0 Å². The van der Waals surface area contributed by atoms with E-state index in [1.54, 1.807) is 11.5 Å². The number of nitrogens with zero attached hydrogens (tertiary/aromatic N) is 2. The highest BCUT2D eigenvalue weighted by Gasteiger charge is 2.53. The number of hydrogen-bond donors (Lipinski definition) is 1. The molecule has 4 aliphatic rings. The molecule has 1 N–H and O–H groups in total. The molecule has 4 heteroatoms. The van der Waals surface area contributed by atoms with Crippen molar-refractivity contribution >= 4 is 16.7 Å². The Morgan fingerprint density at radius 2 is 1.60 bits per heavy atom. The fourth-order valence-electron chi connectivity index (χ4n) is 5.19. The van der Waals surface area contributed by atoms with Crippen molar-refractivity contribution in [3.8, 4) is 0 Å². The molecule has 0 aromatic carbocycles. The first kappa shape index (κ1) is 13.1. The molecule has 3 nitrogen and oxygen atoms in total. The van der Waals surface area contributed by atoms with Crippen molar-refractivity contribution in [2.24, 2.45) is 17.8 Å². The Morgan fingerprint density at radius 1 is 1.05 bits per heavy atom. The molecule has 4 saturated carbocycles. The quantitative estimate of drug-likeness (QED) is 0.886. The van der Waals surface area contributed by atoms with E-state index in [1.807, 2.05) is 0 Å². The minimum Gasteiger partial charge on any atom is -0.356 e. The van der Waals surface area contributed by atoms with Gasteiger partial charge in [-0.15, -0.1) is 0 Å². The van der Waals surface area contributed by atoms with Gasteiger partial charge in [0, 0.05) is 22.5 Å². The van der Waals surface area contributed by atoms with Gasteiger partial charge in [0.2, 0.25) is 5.13 Å².